The van der Waals surface area contributed by atoms with E-state index >= 15 is 0 Å². The highest BCUT2D eigenvalue weighted by Gasteiger charge is 2.34. The van der Waals surface area contributed by atoms with E-state index in [9.17, 15) is 0 Å². The zero-order valence-electron chi connectivity index (χ0n) is 12.7. The average molecular weight is 261 g/mol. The molecular formula is C17H27NO. The van der Waals surface area contributed by atoms with Crippen molar-refractivity contribution in [3.05, 3.63) is 29.8 Å². The van der Waals surface area contributed by atoms with Gasteiger partial charge < -0.3 is 10.1 Å². The summed E-state index contributed by atoms with van der Waals surface area (Å²) in [5, 5.41) is 3.81. The highest BCUT2D eigenvalue weighted by atomic mass is 16.5. The fraction of sp³-hybridized carbons (Fsp3) is 0.647. The predicted molar refractivity (Wildman–Crippen MR) is 80.7 cm³/mol. The quantitative estimate of drug-likeness (QED) is 0.870. The Morgan fingerprint density at radius 2 is 2.11 bits per heavy atom. The van der Waals surface area contributed by atoms with E-state index in [0.717, 1.165) is 12.2 Å². The minimum absolute atomic E-state index is 0.440. The summed E-state index contributed by atoms with van der Waals surface area (Å²) < 4.78 is 5.43. The van der Waals surface area contributed by atoms with Crippen LogP contribution in [-0.2, 0) is 6.42 Å². The number of rotatable bonds is 5. The SMILES string of the molecule is COc1ccccc1CC(C)NC1CCCC1(C)C. The Labute approximate surface area is 117 Å². The standard InChI is InChI=1S/C17H27NO/c1-13(18-16-10-7-11-17(16,2)3)12-14-8-5-6-9-15(14)19-4/h5-6,8-9,13,16,18H,7,10-12H2,1-4H3. The first-order valence-corrected chi connectivity index (χ1v) is 7.41. The third-order valence-electron chi connectivity index (χ3n) is 4.46. The molecule has 1 fully saturated rings. The second-order valence-corrected chi connectivity index (χ2v) is 6.52. The zero-order valence-corrected chi connectivity index (χ0v) is 12.7. The fourth-order valence-electron chi connectivity index (χ4n) is 3.24. The molecule has 2 heteroatoms. The Hall–Kier alpha value is -1.02. The van der Waals surface area contributed by atoms with Crippen LogP contribution >= 0.6 is 0 Å². The molecule has 0 bridgehead atoms. The van der Waals surface area contributed by atoms with Crippen LogP contribution < -0.4 is 10.1 Å². The van der Waals surface area contributed by atoms with Crippen molar-refractivity contribution >= 4 is 0 Å². The third-order valence-corrected chi connectivity index (χ3v) is 4.46. The third kappa shape index (κ3) is 3.50. The lowest BCUT2D eigenvalue weighted by Crippen LogP contribution is -2.43. The van der Waals surface area contributed by atoms with E-state index in [1.54, 1.807) is 7.11 Å². The minimum atomic E-state index is 0.440. The van der Waals surface area contributed by atoms with Crippen LogP contribution in [0.2, 0.25) is 0 Å². The van der Waals surface area contributed by atoms with Crippen LogP contribution in [0.4, 0.5) is 0 Å². The van der Waals surface area contributed by atoms with Gasteiger partial charge in [-0.25, -0.2) is 0 Å². The molecule has 0 aliphatic heterocycles. The molecule has 1 aromatic carbocycles. The van der Waals surface area contributed by atoms with Gasteiger partial charge in [-0.15, -0.1) is 0 Å². The van der Waals surface area contributed by atoms with E-state index in [1.807, 2.05) is 12.1 Å². The highest BCUT2D eigenvalue weighted by molar-refractivity contribution is 5.33. The molecule has 0 saturated heterocycles. The van der Waals surface area contributed by atoms with Gasteiger partial charge in [-0.1, -0.05) is 38.5 Å². The molecule has 19 heavy (non-hydrogen) atoms. The van der Waals surface area contributed by atoms with Crippen molar-refractivity contribution in [1.82, 2.24) is 5.32 Å². The molecule has 2 rings (SSSR count). The molecule has 2 atom stereocenters. The molecule has 0 heterocycles. The summed E-state index contributed by atoms with van der Waals surface area (Å²) in [5.41, 5.74) is 1.73. The smallest absolute Gasteiger partial charge is 0.122 e. The van der Waals surface area contributed by atoms with Crippen molar-refractivity contribution in [3.8, 4) is 5.75 Å². The highest BCUT2D eigenvalue weighted by Crippen LogP contribution is 2.37. The fourth-order valence-corrected chi connectivity index (χ4v) is 3.24. The first kappa shape index (κ1) is 14.4. The number of para-hydroxylation sites is 1. The van der Waals surface area contributed by atoms with Crippen LogP contribution in [-0.4, -0.2) is 19.2 Å². The number of ether oxygens (including phenoxy) is 1. The first-order chi connectivity index (χ1) is 9.03. The molecule has 2 nitrogen and oxygen atoms in total. The van der Waals surface area contributed by atoms with Crippen molar-refractivity contribution < 1.29 is 4.74 Å². The lowest BCUT2D eigenvalue weighted by Gasteiger charge is -2.31. The first-order valence-electron chi connectivity index (χ1n) is 7.41. The van der Waals surface area contributed by atoms with E-state index in [4.69, 9.17) is 4.74 Å². The van der Waals surface area contributed by atoms with E-state index in [2.05, 4.69) is 38.2 Å². The summed E-state index contributed by atoms with van der Waals surface area (Å²) >= 11 is 0. The van der Waals surface area contributed by atoms with Gasteiger partial charge in [-0.3, -0.25) is 0 Å². The topological polar surface area (TPSA) is 21.3 Å². The van der Waals surface area contributed by atoms with Crippen LogP contribution in [0.1, 0.15) is 45.6 Å². The molecule has 106 valence electrons. The second-order valence-electron chi connectivity index (χ2n) is 6.52. The molecule has 1 aromatic rings. The van der Waals surface area contributed by atoms with Gasteiger partial charge in [-0.2, -0.15) is 0 Å². The molecule has 1 aliphatic carbocycles. The summed E-state index contributed by atoms with van der Waals surface area (Å²) in [6, 6.07) is 9.46. The van der Waals surface area contributed by atoms with Gasteiger partial charge in [0.2, 0.25) is 0 Å². The van der Waals surface area contributed by atoms with Crippen molar-refractivity contribution in [2.45, 2.75) is 58.5 Å². The van der Waals surface area contributed by atoms with Crippen molar-refractivity contribution in [3.63, 3.8) is 0 Å². The van der Waals surface area contributed by atoms with Gasteiger partial charge in [0, 0.05) is 12.1 Å². The predicted octanol–water partition coefficient (Wildman–Crippen LogP) is 3.79. The summed E-state index contributed by atoms with van der Waals surface area (Å²) in [4.78, 5) is 0. The molecule has 1 saturated carbocycles. The maximum absolute atomic E-state index is 5.43. The van der Waals surface area contributed by atoms with Gasteiger partial charge >= 0.3 is 0 Å². The molecule has 0 spiro atoms. The summed E-state index contributed by atoms with van der Waals surface area (Å²) in [7, 11) is 1.75. The lowest BCUT2D eigenvalue weighted by atomic mass is 9.87. The van der Waals surface area contributed by atoms with Crippen molar-refractivity contribution in [2.75, 3.05) is 7.11 Å². The Kier molecular flexibility index (Phi) is 4.51. The van der Waals surface area contributed by atoms with E-state index in [1.165, 1.54) is 24.8 Å². The lowest BCUT2D eigenvalue weighted by molar-refractivity contribution is 0.264. The number of benzene rings is 1. The Morgan fingerprint density at radius 1 is 1.37 bits per heavy atom. The Balaban J connectivity index is 1.96. The van der Waals surface area contributed by atoms with Crippen molar-refractivity contribution in [1.29, 1.82) is 0 Å². The maximum Gasteiger partial charge on any atom is 0.122 e. The number of methoxy groups -OCH3 is 1. The second kappa shape index (κ2) is 5.96. The van der Waals surface area contributed by atoms with Gasteiger partial charge in [-0.05, 0) is 43.2 Å². The van der Waals surface area contributed by atoms with Crippen molar-refractivity contribution in [2.24, 2.45) is 5.41 Å². The number of hydrogen-bond acceptors (Lipinski definition) is 2. The molecule has 0 amide bonds. The molecular weight excluding hydrogens is 234 g/mol. The monoisotopic (exact) mass is 261 g/mol. The Bertz CT molecular complexity index is 413. The Morgan fingerprint density at radius 3 is 2.74 bits per heavy atom. The molecule has 0 aromatic heterocycles. The van der Waals surface area contributed by atoms with Crippen LogP contribution in [0, 0.1) is 5.41 Å². The molecule has 1 N–H and O–H groups in total. The van der Waals surface area contributed by atoms with Gasteiger partial charge in [0.1, 0.15) is 5.75 Å². The summed E-state index contributed by atoms with van der Waals surface area (Å²) in [5.74, 6) is 1.00. The summed E-state index contributed by atoms with van der Waals surface area (Å²) in [6.07, 6.45) is 5.03. The van der Waals surface area contributed by atoms with Gasteiger partial charge in [0.05, 0.1) is 7.11 Å². The van der Waals surface area contributed by atoms with Gasteiger partial charge in [0.25, 0.3) is 0 Å². The normalized spacial score (nSPS) is 23.3. The number of nitrogens with one attached hydrogen (secondary N) is 1. The average Bonchev–Trinajstić information content (AvgIpc) is 2.69. The van der Waals surface area contributed by atoms with Crippen LogP contribution in [0.25, 0.3) is 0 Å². The molecule has 2 unspecified atom stereocenters. The van der Waals surface area contributed by atoms with E-state index < -0.39 is 0 Å². The summed E-state index contributed by atoms with van der Waals surface area (Å²) in [6.45, 7) is 7.04. The molecule has 0 radical (unpaired) electrons. The molecule has 1 aliphatic rings. The van der Waals surface area contributed by atoms with Crippen LogP contribution in [0.15, 0.2) is 24.3 Å². The van der Waals surface area contributed by atoms with Crippen LogP contribution in [0.5, 0.6) is 5.75 Å². The van der Waals surface area contributed by atoms with Crippen LogP contribution in [0.3, 0.4) is 0 Å². The minimum Gasteiger partial charge on any atom is -0.496 e. The van der Waals surface area contributed by atoms with E-state index in [0.29, 0.717) is 17.5 Å². The largest absolute Gasteiger partial charge is 0.496 e. The zero-order chi connectivity index (χ0) is 13.9. The van der Waals surface area contributed by atoms with E-state index in [-0.39, 0.29) is 0 Å². The van der Waals surface area contributed by atoms with Gasteiger partial charge in [0.15, 0.2) is 0 Å². The number of hydrogen-bond donors (Lipinski definition) is 1. The maximum atomic E-state index is 5.43.